The molecule has 2 heterocycles. The van der Waals surface area contributed by atoms with Crippen LogP contribution >= 0.6 is 11.3 Å². The predicted molar refractivity (Wildman–Crippen MR) is 146 cm³/mol. The summed E-state index contributed by atoms with van der Waals surface area (Å²) in [6, 6.07) is 7.17. The van der Waals surface area contributed by atoms with Crippen LogP contribution in [0.1, 0.15) is 68.3 Å². The summed E-state index contributed by atoms with van der Waals surface area (Å²) in [5.41, 5.74) is -0.0676. The number of hydrogen-bond donors (Lipinski definition) is 1. The Hall–Kier alpha value is -3.31. The Labute approximate surface area is 239 Å². The Bertz CT molecular complexity index is 1200. The van der Waals surface area contributed by atoms with Crippen molar-refractivity contribution in [2.45, 2.75) is 84.6 Å². The monoisotopic (exact) mass is 574 g/mol. The number of ether oxygens (including phenoxy) is 3. The molecule has 0 spiro atoms. The number of nitrogens with zero attached hydrogens (tertiary/aromatic N) is 1. The molecule has 0 bridgehead atoms. The van der Waals surface area contributed by atoms with Gasteiger partial charge < -0.3 is 44.2 Å². The number of thiophene rings is 1. The van der Waals surface area contributed by atoms with Crippen molar-refractivity contribution >= 4 is 29.4 Å². The van der Waals surface area contributed by atoms with Gasteiger partial charge in [0.15, 0.2) is 11.5 Å². The number of carboxylic acid groups (broad SMARTS) is 2. The van der Waals surface area contributed by atoms with Crippen LogP contribution in [-0.4, -0.2) is 53.8 Å². The van der Waals surface area contributed by atoms with Gasteiger partial charge in [-0.15, -0.1) is 11.3 Å². The van der Waals surface area contributed by atoms with Crippen LogP contribution < -0.4 is 25.0 Å². The van der Waals surface area contributed by atoms with Gasteiger partial charge in [-0.05, 0) is 82.3 Å². The zero-order valence-corrected chi connectivity index (χ0v) is 24.6. The maximum atomic E-state index is 12.4. The normalized spacial score (nSPS) is 13.5. The standard InChI is InChI=1S/C29H40N2O8S/c1-6-29(7-2,26(34)35)38-22-9-8-19(14-23(22)37-18-25(32)33)10-12-30-16-21-15-20-17-31(13-11-24(20)40-21)27(36)39-28(3,4)5/h8-9,14-15,30H,6-7,10-13,16-18H2,1-5H3,(H,32,33)(H,34,35)/p-2. The fraction of sp³-hybridized carbons (Fsp3) is 0.552. The first-order valence-corrected chi connectivity index (χ1v) is 14.3. The minimum absolute atomic E-state index is 0.134. The Kier molecular flexibility index (Phi) is 10.4. The van der Waals surface area contributed by atoms with Gasteiger partial charge in [-0.1, -0.05) is 19.9 Å². The number of carbonyl (C=O) groups excluding carboxylic acids is 3. The van der Waals surface area contributed by atoms with Crippen LogP contribution in [0.2, 0.25) is 0 Å². The van der Waals surface area contributed by atoms with Crippen molar-refractivity contribution in [3.8, 4) is 11.5 Å². The molecule has 10 nitrogen and oxygen atoms in total. The van der Waals surface area contributed by atoms with Gasteiger partial charge in [0, 0.05) is 22.8 Å². The first-order valence-electron chi connectivity index (χ1n) is 13.5. The highest BCUT2D eigenvalue weighted by Crippen LogP contribution is 2.34. The largest absolute Gasteiger partial charge is 0.546 e. The molecule has 40 heavy (non-hydrogen) atoms. The molecule has 0 saturated heterocycles. The van der Waals surface area contributed by atoms with E-state index in [-0.39, 0.29) is 30.4 Å². The van der Waals surface area contributed by atoms with Gasteiger partial charge in [-0.25, -0.2) is 4.79 Å². The molecule has 0 radical (unpaired) electrons. The Morgan fingerprint density at radius 3 is 2.42 bits per heavy atom. The number of carboxylic acids is 2. The van der Waals surface area contributed by atoms with Gasteiger partial charge in [0.25, 0.3) is 0 Å². The molecule has 2 aromatic rings. The third-order valence-electron chi connectivity index (χ3n) is 6.63. The number of aliphatic carboxylic acids is 2. The highest BCUT2D eigenvalue weighted by molar-refractivity contribution is 7.12. The van der Waals surface area contributed by atoms with E-state index < -0.39 is 29.7 Å². The van der Waals surface area contributed by atoms with Crippen LogP contribution in [0.25, 0.3) is 0 Å². The molecule has 1 aliphatic heterocycles. The molecule has 1 aromatic heterocycles. The van der Waals surface area contributed by atoms with Crippen molar-refractivity contribution in [3.63, 3.8) is 0 Å². The molecule has 0 aliphatic carbocycles. The highest BCUT2D eigenvalue weighted by Gasteiger charge is 2.31. The summed E-state index contributed by atoms with van der Waals surface area (Å²) < 4.78 is 16.7. The molecule has 11 heteroatoms. The molecule has 1 amide bonds. The van der Waals surface area contributed by atoms with Gasteiger partial charge >= 0.3 is 6.09 Å². The summed E-state index contributed by atoms with van der Waals surface area (Å²) in [6.07, 6.45) is 1.47. The SMILES string of the molecule is CCC(CC)(Oc1ccc(CCNCc2cc3c(s2)CCN(C(=O)OC(C)(C)C)C3)cc1OCC(=O)[O-])C(=O)[O-]. The van der Waals surface area contributed by atoms with Crippen molar-refractivity contribution in [2.75, 3.05) is 19.7 Å². The molecule has 0 fully saturated rings. The lowest BCUT2D eigenvalue weighted by atomic mass is 9.97. The third-order valence-corrected chi connectivity index (χ3v) is 7.87. The minimum Gasteiger partial charge on any atom is -0.546 e. The number of amides is 1. The van der Waals surface area contributed by atoms with E-state index in [0.29, 0.717) is 32.6 Å². The molecule has 1 aromatic carbocycles. The smallest absolute Gasteiger partial charge is 0.410 e. The van der Waals surface area contributed by atoms with E-state index >= 15 is 0 Å². The molecule has 0 saturated carbocycles. The van der Waals surface area contributed by atoms with E-state index in [1.807, 2.05) is 20.8 Å². The second kappa shape index (κ2) is 13.4. The van der Waals surface area contributed by atoms with Crippen molar-refractivity contribution < 1.29 is 38.8 Å². The van der Waals surface area contributed by atoms with Crippen LogP contribution in [0.15, 0.2) is 24.3 Å². The molecule has 0 unspecified atom stereocenters. The van der Waals surface area contributed by atoms with Gasteiger partial charge in [0.2, 0.25) is 0 Å². The maximum absolute atomic E-state index is 12.4. The third kappa shape index (κ3) is 8.34. The van der Waals surface area contributed by atoms with E-state index in [2.05, 4.69) is 11.4 Å². The number of fused-ring (bicyclic) bond motifs is 1. The zero-order chi connectivity index (χ0) is 29.5. The lowest BCUT2D eigenvalue weighted by Gasteiger charge is -2.34. The number of carbonyl (C=O) groups is 3. The van der Waals surface area contributed by atoms with Gasteiger partial charge in [0.1, 0.15) is 17.8 Å². The van der Waals surface area contributed by atoms with Crippen LogP contribution in [-0.2, 0) is 40.3 Å². The highest BCUT2D eigenvalue weighted by atomic mass is 32.1. The van der Waals surface area contributed by atoms with E-state index in [9.17, 15) is 24.6 Å². The topological polar surface area (TPSA) is 140 Å². The Morgan fingerprint density at radius 2 is 1.80 bits per heavy atom. The summed E-state index contributed by atoms with van der Waals surface area (Å²) in [5.74, 6) is -2.47. The number of hydrogen-bond acceptors (Lipinski definition) is 10. The summed E-state index contributed by atoms with van der Waals surface area (Å²) in [7, 11) is 0. The summed E-state index contributed by atoms with van der Waals surface area (Å²) in [6.45, 7) is 10.7. The maximum Gasteiger partial charge on any atom is 0.410 e. The molecule has 0 atom stereocenters. The average molecular weight is 575 g/mol. The van der Waals surface area contributed by atoms with Crippen LogP contribution in [0.4, 0.5) is 4.79 Å². The lowest BCUT2D eigenvalue weighted by molar-refractivity contribution is -0.323. The van der Waals surface area contributed by atoms with E-state index in [0.717, 1.165) is 17.5 Å². The van der Waals surface area contributed by atoms with Crippen molar-refractivity contribution in [1.29, 1.82) is 0 Å². The molecule has 220 valence electrons. The number of nitrogens with one attached hydrogen (secondary N) is 1. The summed E-state index contributed by atoms with van der Waals surface area (Å²) in [5, 5.41) is 26.2. The number of benzene rings is 1. The molecule has 1 aliphatic rings. The fourth-order valence-corrected chi connectivity index (χ4v) is 5.53. The Balaban J connectivity index is 1.59. The molecule has 3 rings (SSSR count). The van der Waals surface area contributed by atoms with Gasteiger partial charge in [0.05, 0.1) is 18.5 Å². The van der Waals surface area contributed by atoms with Gasteiger partial charge in [-0.3, -0.25) is 0 Å². The average Bonchev–Trinajstić information content (AvgIpc) is 3.30. The first kappa shape index (κ1) is 31.2. The van der Waals surface area contributed by atoms with E-state index in [4.69, 9.17) is 14.2 Å². The second-order valence-electron chi connectivity index (χ2n) is 10.8. The zero-order valence-electron chi connectivity index (χ0n) is 23.8. The Morgan fingerprint density at radius 1 is 1.07 bits per heavy atom. The second-order valence-corrected chi connectivity index (χ2v) is 12.0. The minimum atomic E-state index is -1.55. The molecule has 1 N–H and O–H groups in total. The van der Waals surface area contributed by atoms with E-state index in [1.165, 1.54) is 9.75 Å². The van der Waals surface area contributed by atoms with Crippen LogP contribution in [0.5, 0.6) is 11.5 Å². The first-order chi connectivity index (χ1) is 18.9. The quantitative estimate of drug-likeness (QED) is 0.357. The van der Waals surface area contributed by atoms with Crippen molar-refractivity contribution in [3.05, 3.63) is 45.1 Å². The van der Waals surface area contributed by atoms with Gasteiger partial charge in [-0.2, -0.15) is 0 Å². The molecular weight excluding hydrogens is 536 g/mol. The van der Waals surface area contributed by atoms with Crippen molar-refractivity contribution in [2.24, 2.45) is 0 Å². The predicted octanol–water partition coefficient (Wildman–Crippen LogP) is 2.19. The number of rotatable bonds is 13. The van der Waals surface area contributed by atoms with Crippen LogP contribution in [0, 0.1) is 0 Å². The molecular formula is C29H38N2O8S-2. The van der Waals surface area contributed by atoms with Crippen LogP contribution in [0.3, 0.4) is 0 Å². The summed E-state index contributed by atoms with van der Waals surface area (Å²) in [4.78, 5) is 39.4. The fourth-order valence-electron chi connectivity index (χ4n) is 4.39. The summed E-state index contributed by atoms with van der Waals surface area (Å²) >= 11 is 1.74. The lowest BCUT2D eigenvalue weighted by Crippen LogP contribution is -2.51. The van der Waals surface area contributed by atoms with Crippen molar-refractivity contribution in [1.82, 2.24) is 10.2 Å². The van der Waals surface area contributed by atoms with E-state index in [1.54, 1.807) is 48.3 Å².